The van der Waals surface area contributed by atoms with Crippen molar-refractivity contribution in [3.05, 3.63) is 77.7 Å². The van der Waals surface area contributed by atoms with Crippen LogP contribution in [0.25, 0.3) is 39.2 Å². The fraction of sp³-hybridized carbons (Fsp3) is 0.333. The van der Waals surface area contributed by atoms with E-state index in [1.54, 1.807) is 0 Å². The van der Waals surface area contributed by atoms with Gasteiger partial charge in [0, 0.05) is 6.42 Å². The largest absolute Gasteiger partial charge is 0.440 e. The molecule has 4 nitrogen and oxygen atoms in total. The average molecular weight is 453 g/mol. The van der Waals surface area contributed by atoms with E-state index in [-0.39, 0.29) is 5.41 Å². The number of hydrogen-bond donors (Lipinski definition) is 0. The highest BCUT2D eigenvalue weighted by atomic mass is 16.3. The zero-order valence-electron chi connectivity index (χ0n) is 21.3. The highest BCUT2D eigenvalue weighted by Crippen LogP contribution is 2.35. The van der Waals surface area contributed by atoms with Gasteiger partial charge < -0.3 is 4.42 Å². The van der Waals surface area contributed by atoms with Gasteiger partial charge in [0.15, 0.2) is 22.5 Å². The molecule has 0 amide bonds. The first-order valence-corrected chi connectivity index (χ1v) is 12.1. The number of rotatable bonds is 4. The van der Waals surface area contributed by atoms with Crippen molar-refractivity contribution >= 4 is 22.1 Å². The lowest BCUT2D eigenvalue weighted by Gasteiger charge is -2.18. The summed E-state index contributed by atoms with van der Waals surface area (Å²) in [7, 11) is 2.14. The summed E-state index contributed by atoms with van der Waals surface area (Å²) in [6.45, 7) is 13.3. The van der Waals surface area contributed by atoms with Crippen LogP contribution in [0.5, 0.6) is 0 Å². The Hall–Kier alpha value is -3.40. The molecule has 0 saturated heterocycles. The highest BCUT2D eigenvalue weighted by molar-refractivity contribution is 5.92. The van der Waals surface area contributed by atoms with Gasteiger partial charge in [-0.25, -0.2) is 9.55 Å². The number of para-hydroxylation sites is 2. The molecule has 5 rings (SSSR count). The Labute approximate surface area is 201 Å². The number of hydrogen-bond acceptors (Lipinski definition) is 2. The molecule has 0 spiro atoms. The third kappa shape index (κ3) is 3.71. The second-order valence-corrected chi connectivity index (χ2v) is 10.8. The van der Waals surface area contributed by atoms with Crippen molar-refractivity contribution in [2.45, 2.75) is 53.4 Å². The predicted octanol–water partition coefficient (Wildman–Crippen LogP) is 7.07. The van der Waals surface area contributed by atoms with Crippen molar-refractivity contribution in [3.8, 4) is 17.1 Å². The van der Waals surface area contributed by atoms with Gasteiger partial charge in [0.25, 0.3) is 5.82 Å². The topological polar surface area (TPSA) is 34.8 Å². The number of benzene rings is 3. The molecule has 0 unspecified atom stereocenters. The number of aromatic nitrogens is 3. The standard InChI is InChI=1S/C30H34N3O/c1-19(2)18-26-31-23-17-12-20(3)27(28(23)34-26)29-32(7)24-10-8-9-11-25(24)33(29)22-15-13-21(14-16-22)30(4,5)6/h8-17,19H,18H2,1-7H3/q+1. The molecule has 0 bridgehead atoms. The lowest BCUT2D eigenvalue weighted by atomic mass is 9.87. The SMILES string of the molecule is Cc1ccc2nc(CC(C)C)oc2c1-c1n(-c2ccc(C(C)(C)C)cc2)c2ccccc2[n+]1C. The number of imidazole rings is 1. The highest BCUT2D eigenvalue weighted by Gasteiger charge is 2.30. The number of nitrogens with zero attached hydrogens (tertiary/aromatic N) is 3. The average Bonchev–Trinajstić information content (AvgIpc) is 3.31. The minimum Gasteiger partial charge on any atom is -0.440 e. The molecular formula is C30H34N3O+. The molecule has 5 aromatic rings. The third-order valence-electron chi connectivity index (χ3n) is 6.62. The maximum atomic E-state index is 6.41. The molecule has 4 heteroatoms. The maximum Gasteiger partial charge on any atom is 0.299 e. The summed E-state index contributed by atoms with van der Waals surface area (Å²) in [5, 5.41) is 0. The molecule has 0 saturated carbocycles. The summed E-state index contributed by atoms with van der Waals surface area (Å²) in [6.07, 6.45) is 0.830. The van der Waals surface area contributed by atoms with E-state index >= 15 is 0 Å². The van der Waals surface area contributed by atoms with E-state index in [1.807, 2.05) is 0 Å². The van der Waals surface area contributed by atoms with Crippen LogP contribution in [0.4, 0.5) is 0 Å². The molecule has 0 atom stereocenters. The van der Waals surface area contributed by atoms with Crippen LogP contribution < -0.4 is 4.57 Å². The first kappa shape index (κ1) is 22.4. The van der Waals surface area contributed by atoms with Crippen LogP contribution in [0, 0.1) is 12.8 Å². The van der Waals surface area contributed by atoms with Gasteiger partial charge in [-0.15, -0.1) is 0 Å². The number of aryl methyl sites for hydroxylation is 2. The third-order valence-corrected chi connectivity index (χ3v) is 6.62. The summed E-state index contributed by atoms with van der Waals surface area (Å²) in [5.41, 5.74) is 8.96. The molecule has 0 aliphatic rings. The molecule has 0 aliphatic carbocycles. The lowest BCUT2D eigenvalue weighted by Crippen LogP contribution is -2.30. The molecule has 0 aliphatic heterocycles. The smallest absolute Gasteiger partial charge is 0.299 e. The van der Waals surface area contributed by atoms with Crippen molar-refractivity contribution in [1.82, 2.24) is 9.55 Å². The molecule has 2 heterocycles. The summed E-state index contributed by atoms with van der Waals surface area (Å²) < 4.78 is 11.0. The Kier molecular flexibility index (Phi) is 5.35. The molecule has 0 fully saturated rings. The van der Waals surface area contributed by atoms with Crippen LogP contribution in [0.3, 0.4) is 0 Å². The van der Waals surface area contributed by atoms with Gasteiger partial charge in [-0.3, -0.25) is 0 Å². The number of fused-ring (bicyclic) bond motifs is 2. The van der Waals surface area contributed by atoms with Crippen LogP contribution in [0.15, 0.2) is 65.1 Å². The maximum absolute atomic E-state index is 6.41. The molecular weight excluding hydrogens is 418 g/mol. The second-order valence-electron chi connectivity index (χ2n) is 10.8. The van der Waals surface area contributed by atoms with Crippen LogP contribution in [-0.2, 0) is 18.9 Å². The predicted molar refractivity (Wildman–Crippen MR) is 139 cm³/mol. The van der Waals surface area contributed by atoms with Gasteiger partial charge in [0.1, 0.15) is 16.8 Å². The van der Waals surface area contributed by atoms with Crippen LogP contribution in [0.1, 0.15) is 51.6 Å². The summed E-state index contributed by atoms with van der Waals surface area (Å²) in [4.78, 5) is 4.82. The van der Waals surface area contributed by atoms with E-state index in [9.17, 15) is 0 Å². The van der Waals surface area contributed by atoms with Gasteiger partial charge >= 0.3 is 0 Å². The van der Waals surface area contributed by atoms with Gasteiger partial charge in [-0.1, -0.05) is 65.0 Å². The van der Waals surface area contributed by atoms with Crippen LogP contribution >= 0.6 is 0 Å². The number of oxazole rings is 1. The molecule has 34 heavy (non-hydrogen) atoms. The van der Waals surface area contributed by atoms with Crippen molar-refractivity contribution in [2.24, 2.45) is 13.0 Å². The molecule has 2 aromatic heterocycles. The van der Waals surface area contributed by atoms with Gasteiger partial charge in [-0.05, 0) is 59.7 Å². The minimum atomic E-state index is 0.111. The van der Waals surface area contributed by atoms with Crippen molar-refractivity contribution in [2.75, 3.05) is 0 Å². The zero-order valence-corrected chi connectivity index (χ0v) is 21.3. The van der Waals surface area contributed by atoms with E-state index in [1.165, 1.54) is 22.2 Å². The van der Waals surface area contributed by atoms with Gasteiger partial charge in [0.05, 0.1) is 7.05 Å². The second kappa shape index (κ2) is 8.12. The van der Waals surface area contributed by atoms with Crippen LogP contribution in [-0.4, -0.2) is 9.55 Å². The normalized spacial score (nSPS) is 12.4. The van der Waals surface area contributed by atoms with Crippen LogP contribution in [0.2, 0.25) is 0 Å². The van der Waals surface area contributed by atoms with E-state index in [4.69, 9.17) is 9.40 Å². The Morgan fingerprint density at radius 1 is 0.971 bits per heavy atom. The first-order chi connectivity index (χ1) is 16.1. The molecule has 0 N–H and O–H groups in total. The van der Waals surface area contributed by atoms with Gasteiger partial charge in [0.2, 0.25) is 0 Å². The first-order valence-electron chi connectivity index (χ1n) is 12.1. The summed E-state index contributed by atoms with van der Waals surface area (Å²) in [6, 6.07) is 21.8. The zero-order chi connectivity index (χ0) is 24.2. The fourth-order valence-electron chi connectivity index (χ4n) is 4.82. The Morgan fingerprint density at radius 3 is 2.35 bits per heavy atom. The van der Waals surface area contributed by atoms with Crippen molar-refractivity contribution < 1.29 is 8.98 Å². The van der Waals surface area contributed by atoms with E-state index in [0.29, 0.717) is 5.92 Å². The molecule has 174 valence electrons. The minimum absolute atomic E-state index is 0.111. The monoisotopic (exact) mass is 452 g/mol. The van der Waals surface area contributed by atoms with Crippen molar-refractivity contribution in [3.63, 3.8) is 0 Å². The Balaban J connectivity index is 1.82. The van der Waals surface area contributed by atoms with E-state index in [2.05, 4.69) is 118 Å². The lowest BCUT2D eigenvalue weighted by molar-refractivity contribution is -0.633. The van der Waals surface area contributed by atoms with E-state index < -0.39 is 0 Å². The fourth-order valence-corrected chi connectivity index (χ4v) is 4.82. The van der Waals surface area contributed by atoms with Crippen molar-refractivity contribution in [1.29, 1.82) is 0 Å². The summed E-state index contributed by atoms with van der Waals surface area (Å²) in [5.74, 6) is 2.39. The summed E-state index contributed by atoms with van der Waals surface area (Å²) >= 11 is 0. The molecule has 0 radical (unpaired) electrons. The Morgan fingerprint density at radius 2 is 1.68 bits per heavy atom. The molecule has 3 aromatic carbocycles. The Bertz CT molecular complexity index is 1490. The quantitative estimate of drug-likeness (QED) is 0.273. The van der Waals surface area contributed by atoms with E-state index in [0.717, 1.165) is 40.5 Å². The van der Waals surface area contributed by atoms with Gasteiger partial charge in [-0.2, -0.15) is 4.57 Å².